The van der Waals surface area contributed by atoms with Crippen molar-refractivity contribution in [1.29, 1.82) is 0 Å². The minimum Gasteiger partial charge on any atom is -0.348 e. The van der Waals surface area contributed by atoms with Gasteiger partial charge in [0, 0.05) is 12.7 Å². The molecule has 0 unspecified atom stereocenters. The Morgan fingerprint density at radius 3 is 2.68 bits per heavy atom. The highest BCUT2D eigenvalue weighted by atomic mass is 35.5. The molecule has 3 nitrogen and oxygen atoms in total. The minimum atomic E-state index is -0.487. The van der Waals surface area contributed by atoms with Crippen molar-refractivity contribution in [2.75, 3.05) is 0 Å². The molecule has 0 spiro atoms. The summed E-state index contributed by atoms with van der Waals surface area (Å²) in [7, 11) is 0. The van der Waals surface area contributed by atoms with E-state index in [9.17, 15) is 9.18 Å². The van der Waals surface area contributed by atoms with Gasteiger partial charge in [-0.25, -0.2) is 9.37 Å². The van der Waals surface area contributed by atoms with Gasteiger partial charge in [-0.3, -0.25) is 4.79 Å². The maximum atomic E-state index is 13.0. The van der Waals surface area contributed by atoms with Crippen molar-refractivity contribution >= 4 is 29.1 Å². The molecule has 0 saturated heterocycles. The van der Waals surface area contributed by atoms with Crippen LogP contribution in [0.3, 0.4) is 0 Å². The van der Waals surface area contributed by atoms with Gasteiger partial charge in [-0.15, -0.1) is 0 Å². The first-order valence-electron chi connectivity index (χ1n) is 5.40. The first-order valence-corrected chi connectivity index (χ1v) is 6.15. The van der Waals surface area contributed by atoms with Crippen LogP contribution in [0, 0.1) is 5.82 Å². The van der Waals surface area contributed by atoms with Gasteiger partial charge < -0.3 is 5.32 Å². The second-order valence-electron chi connectivity index (χ2n) is 3.80. The maximum absolute atomic E-state index is 13.0. The molecule has 1 N–H and O–H groups in total. The van der Waals surface area contributed by atoms with Crippen LogP contribution in [0.25, 0.3) is 0 Å². The average molecular weight is 299 g/mol. The summed E-state index contributed by atoms with van der Waals surface area (Å²) in [5, 5.41) is 3.03. The lowest BCUT2D eigenvalue weighted by atomic mass is 10.2. The molecule has 98 valence electrons. The molecule has 0 saturated carbocycles. The third-order valence-corrected chi connectivity index (χ3v) is 2.94. The lowest BCUT2D eigenvalue weighted by Crippen LogP contribution is -2.22. The van der Waals surface area contributed by atoms with Gasteiger partial charge in [0.05, 0.1) is 10.6 Å². The molecule has 2 aromatic rings. The summed E-state index contributed by atoms with van der Waals surface area (Å²) in [5.41, 5.74) is 1.11. The number of carbonyl (C=O) groups excluding carboxylic acids is 1. The number of aromatic nitrogens is 1. The van der Waals surface area contributed by atoms with Crippen LogP contribution in [0.15, 0.2) is 36.5 Å². The average Bonchev–Trinajstić information content (AvgIpc) is 2.40. The lowest BCUT2D eigenvalue weighted by molar-refractivity contribution is 0.0950. The molecule has 0 radical (unpaired) electrons. The summed E-state index contributed by atoms with van der Waals surface area (Å²) >= 11 is 11.3. The maximum Gasteiger partial charge on any atom is 0.253 e. The molecule has 0 atom stereocenters. The Hall–Kier alpha value is -1.65. The van der Waals surface area contributed by atoms with Gasteiger partial charge in [-0.2, -0.15) is 0 Å². The number of pyridine rings is 1. The number of hydrogen-bond donors (Lipinski definition) is 1. The van der Waals surface area contributed by atoms with Crippen molar-refractivity contribution in [2.45, 2.75) is 6.54 Å². The van der Waals surface area contributed by atoms with Crippen LogP contribution < -0.4 is 5.32 Å². The Labute approximate surface area is 119 Å². The number of benzene rings is 1. The quantitative estimate of drug-likeness (QED) is 0.882. The van der Waals surface area contributed by atoms with Crippen LogP contribution in [0.1, 0.15) is 15.9 Å². The number of rotatable bonds is 3. The SMILES string of the molecule is O=C(NCc1ccc(F)c(Cl)c1)c1ccc(Cl)nc1. The largest absolute Gasteiger partial charge is 0.348 e. The molecule has 6 heteroatoms. The van der Waals surface area contributed by atoms with Gasteiger partial charge in [0.25, 0.3) is 5.91 Å². The van der Waals surface area contributed by atoms with E-state index in [1.807, 2.05) is 0 Å². The number of carbonyl (C=O) groups is 1. The monoisotopic (exact) mass is 298 g/mol. The summed E-state index contributed by atoms with van der Waals surface area (Å²) in [4.78, 5) is 15.6. The zero-order valence-corrected chi connectivity index (χ0v) is 11.2. The normalized spacial score (nSPS) is 10.3. The van der Waals surface area contributed by atoms with Crippen LogP contribution in [0.2, 0.25) is 10.2 Å². The van der Waals surface area contributed by atoms with Crippen molar-refractivity contribution in [1.82, 2.24) is 10.3 Å². The first kappa shape index (κ1) is 13.8. The smallest absolute Gasteiger partial charge is 0.253 e. The van der Waals surface area contributed by atoms with Crippen LogP contribution in [0.5, 0.6) is 0 Å². The van der Waals surface area contributed by atoms with Crippen molar-refractivity contribution in [2.24, 2.45) is 0 Å². The molecule has 0 fully saturated rings. The van der Waals surface area contributed by atoms with Crippen LogP contribution in [0.4, 0.5) is 4.39 Å². The van der Waals surface area contributed by atoms with Crippen LogP contribution in [-0.2, 0) is 6.54 Å². The molecule has 0 bridgehead atoms. The number of amides is 1. The number of nitrogens with zero attached hydrogens (tertiary/aromatic N) is 1. The second-order valence-corrected chi connectivity index (χ2v) is 4.60. The zero-order valence-electron chi connectivity index (χ0n) is 9.66. The Morgan fingerprint density at radius 2 is 2.05 bits per heavy atom. The third kappa shape index (κ3) is 3.66. The molecule has 0 aliphatic heterocycles. The fraction of sp³-hybridized carbons (Fsp3) is 0.0769. The molecule has 0 aliphatic carbocycles. The molecule has 19 heavy (non-hydrogen) atoms. The van der Waals surface area contributed by atoms with Crippen molar-refractivity contribution in [3.8, 4) is 0 Å². The Bertz CT molecular complexity index is 602. The highest BCUT2D eigenvalue weighted by Crippen LogP contribution is 2.16. The van der Waals surface area contributed by atoms with Gasteiger partial charge >= 0.3 is 0 Å². The van der Waals surface area contributed by atoms with Gasteiger partial charge in [0.15, 0.2) is 0 Å². The van der Waals surface area contributed by atoms with E-state index in [2.05, 4.69) is 10.3 Å². The van der Waals surface area contributed by atoms with Gasteiger partial charge in [0.2, 0.25) is 0 Å². The summed E-state index contributed by atoms with van der Waals surface area (Å²) < 4.78 is 13.0. The molecule has 1 aromatic carbocycles. The van der Waals surface area contributed by atoms with Crippen molar-refractivity contribution < 1.29 is 9.18 Å². The number of halogens is 3. The Kier molecular flexibility index (Phi) is 4.35. The summed E-state index contributed by atoms with van der Waals surface area (Å²) in [6, 6.07) is 7.39. The van der Waals surface area contributed by atoms with Gasteiger partial charge in [0.1, 0.15) is 11.0 Å². The minimum absolute atomic E-state index is 0.0277. The molecular weight excluding hydrogens is 290 g/mol. The molecule has 1 heterocycles. The number of hydrogen-bond acceptors (Lipinski definition) is 2. The predicted octanol–water partition coefficient (Wildman–Crippen LogP) is 3.46. The summed E-state index contributed by atoms with van der Waals surface area (Å²) in [6.45, 7) is 0.251. The van der Waals surface area contributed by atoms with Crippen molar-refractivity contribution in [3.05, 3.63) is 63.6 Å². The van der Waals surface area contributed by atoms with Crippen LogP contribution >= 0.6 is 23.2 Å². The third-order valence-electron chi connectivity index (χ3n) is 2.43. The van der Waals surface area contributed by atoms with Gasteiger partial charge in [-0.05, 0) is 29.8 Å². The topological polar surface area (TPSA) is 42.0 Å². The molecule has 1 amide bonds. The zero-order chi connectivity index (χ0) is 13.8. The Balaban J connectivity index is 2.00. The summed E-state index contributed by atoms with van der Waals surface area (Å²) in [5.74, 6) is -0.775. The van der Waals surface area contributed by atoms with E-state index >= 15 is 0 Å². The fourth-order valence-electron chi connectivity index (χ4n) is 1.44. The number of nitrogens with one attached hydrogen (secondary N) is 1. The van der Waals surface area contributed by atoms with E-state index in [1.54, 1.807) is 12.1 Å². The van der Waals surface area contributed by atoms with Crippen LogP contribution in [-0.4, -0.2) is 10.9 Å². The standard InChI is InChI=1S/C13H9Cl2FN2O/c14-10-5-8(1-3-11(10)16)6-18-13(19)9-2-4-12(15)17-7-9/h1-5,7H,6H2,(H,18,19). The molecule has 0 aliphatic rings. The van der Waals surface area contributed by atoms with E-state index in [0.717, 1.165) is 0 Å². The lowest BCUT2D eigenvalue weighted by Gasteiger charge is -2.06. The second kappa shape index (κ2) is 5.99. The molecule has 1 aromatic heterocycles. The highest BCUT2D eigenvalue weighted by Gasteiger charge is 2.06. The van der Waals surface area contributed by atoms with E-state index in [1.165, 1.54) is 24.4 Å². The van der Waals surface area contributed by atoms with E-state index in [0.29, 0.717) is 16.3 Å². The van der Waals surface area contributed by atoms with Crippen molar-refractivity contribution in [3.63, 3.8) is 0 Å². The highest BCUT2D eigenvalue weighted by molar-refractivity contribution is 6.30. The Morgan fingerprint density at radius 1 is 1.26 bits per heavy atom. The molecular formula is C13H9Cl2FN2O. The predicted molar refractivity (Wildman–Crippen MR) is 71.8 cm³/mol. The fourth-order valence-corrected chi connectivity index (χ4v) is 1.76. The van der Waals surface area contributed by atoms with E-state index in [4.69, 9.17) is 23.2 Å². The molecule has 2 rings (SSSR count). The first-order chi connectivity index (χ1) is 9.06. The van der Waals surface area contributed by atoms with Gasteiger partial charge in [-0.1, -0.05) is 29.3 Å². The van der Waals surface area contributed by atoms with E-state index in [-0.39, 0.29) is 17.5 Å². The van der Waals surface area contributed by atoms with E-state index < -0.39 is 5.82 Å². The summed E-state index contributed by atoms with van der Waals surface area (Å²) in [6.07, 6.45) is 1.38.